The number of fused-ring (bicyclic) bond motifs is 6. The van der Waals surface area contributed by atoms with Gasteiger partial charge in [-0.2, -0.15) is 0 Å². The molecule has 0 radical (unpaired) electrons. The lowest BCUT2D eigenvalue weighted by atomic mass is 9.90. The van der Waals surface area contributed by atoms with Crippen molar-refractivity contribution < 1.29 is 4.42 Å². The first-order chi connectivity index (χ1) is 28.1. The molecule has 272 valence electrons. The molecule has 4 nitrogen and oxygen atoms in total. The molecule has 6 aromatic carbocycles. The number of aromatic nitrogens is 3. The number of hydrogen-bond donors (Lipinski definition) is 0. The molecule has 2 aliphatic rings. The van der Waals surface area contributed by atoms with Crippen LogP contribution in [0.2, 0.25) is 0 Å². The third kappa shape index (κ3) is 6.12. The minimum absolute atomic E-state index is 0.507. The van der Waals surface area contributed by atoms with Gasteiger partial charge in [0, 0.05) is 47.7 Å². The van der Waals surface area contributed by atoms with Gasteiger partial charge in [0.2, 0.25) is 0 Å². The van der Waals surface area contributed by atoms with E-state index >= 15 is 0 Å². The van der Waals surface area contributed by atoms with Crippen LogP contribution in [-0.2, 0) is 0 Å². The monoisotopic (exact) mass is 751 g/mol. The summed E-state index contributed by atoms with van der Waals surface area (Å²) in [4.78, 5) is 15.1. The van der Waals surface area contributed by atoms with Gasteiger partial charge in [-0.25, -0.2) is 15.0 Å². The third-order valence-corrected chi connectivity index (χ3v) is 12.5. The number of hydrogen-bond acceptors (Lipinski definition) is 5. The van der Waals surface area contributed by atoms with Gasteiger partial charge in [-0.1, -0.05) is 134 Å². The predicted molar refractivity (Wildman–Crippen MR) is 239 cm³/mol. The van der Waals surface area contributed by atoms with Gasteiger partial charge in [0.05, 0.1) is 0 Å². The molecule has 57 heavy (non-hydrogen) atoms. The first kappa shape index (κ1) is 33.6. The number of nitrogens with zero attached hydrogens (tertiary/aromatic N) is 3. The second-order valence-corrected chi connectivity index (χ2v) is 16.2. The fourth-order valence-corrected chi connectivity index (χ4v) is 9.54. The van der Waals surface area contributed by atoms with E-state index in [2.05, 4.69) is 153 Å². The van der Waals surface area contributed by atoms with Crippen LogP contribution in [0.15, 0.2) is 168 Å². The molecule has 3 heterocycles. The normalized spacial score (nSPS) is 15.7. The van der Waals surface area contributed by atoms with Gasteiger partial charge < -0.3 is 4.42 Å². The molecule has 0 saturated heterocycles. The van der Waals surface area contributed by atoms with E-state index < -0.39 is 0 Å². The van der Waals surface area contributed by atoms with Crippen molar-refractivity contribution in [3.8, 4) is 33.6 Å². The van der Waals surface area contributed by atoms with Gasteiger partial charge in [0.15, 0.2) is 17.5 Å². The summed E-state index contributed by atoms with van der Waals surface area (Å²) in [5.74, 6) is 2.60. The number of furan rings is 1. The number of benzene rings is 6. The number of allylic oxidation sites excluding steroid dienone is 8. The van der Waals surface area contributed by atoms with Crippen LogP contribution in [0.25, 0.3) is 92.5 Å². The predicted octanol–water partition coefficient (Wildman–Crippen LogP) is 14.4. The van der Waals surface area contributed by atoms with Crippen LogP contribution in [0, 0.1) is 5.92 Å². The van der Waals surface area contributed by atoms with Crippen molar-refractivity contribution in [1.82, 2.24) is 15.0 Å². The van der Waals surface area contributed by atoms with Gasteiger partial charge in [-0.05, 0) is 95.0 Å². The average Bonchev–Trinajstić information content (AvgIpc) is 3.84. The van der Waals surface area contributed by atoms with Crippen LogP contribution in [0.3, 0.4) is 0 Å². The van der Waals surface area contributed by atoms with Gasteiger partial charge >= 0.3 is 0 Å². The summed E-state index contributed by atoms with van der Waals surface area (Å²) < 4.78 is 9.11. The minimum atomic E-state index is 0.507. The Morgan fingerprint density at radius 3 is 1.96 bits per heavy atom. The Bertz CT molecular complexity index is 3160. The second kappa shape index (κ2) is 13.8. The lowest BCUT2D eigenvalue weighted by Crippen LogP contribution is -2.07. The van der Waals surface area contributed by atoms with Crippen LogP contribution < -0.4 is 0 Å². The molecule has 2 aliphatic carbocycles. The molecular weight excluding hydrogens is 715 g/mol. The summed E-state index contributed by atoms with van der Waals surface area (Å²) in [6.07, 6.45) is 14.0. The van der Waals surface area contributed by atoms with Crippen molar-refractivity contribution in [2.75, 3.05) is 0 Å². The Kier molecular flexibility index (Phi) is 8.14. The highest BCUT2D eigenvalue weighted by molar-refractivity contribution is 7.25. The molecule has 0 fully saturated rings. The molecular formula is C52H37N3OS. The van der Waals surface area contributed by atoms with Crippen LogP contribution in [0.1, 0.15) is 43.4 Å². The Morgan fingerprint density at radius 2 is 1.23 bits per heavy atom. The fourth-order valence-electron chi connectivity index (χ4n) is 8.35. The maximum absolute atomic E-state index is 6.51. The van der Waals surface area contributed by atoms with E-state index in [9.17, 15) is 0 Å². The van der Waals surface area contributed by atoms with Crippen LogP contribution in [0.5, 0.6) is 0 Å². The van der Waals surface area contributed by atoms with Gasteiger partial charge in [0.25, 0.3) is 0 Å². The molecule has 0 saturated carbocycles. The fraction of sp³-hybridized carbons (Fsp3) is 0.0962. The van der Waals surface area contributed by atoms with Crippen molar-refractivity contribution in [3.05, 3.63) is 181 Å². The van der Waals surface area contributed by atoms with Crippen molar-refractivity contribution >= 4 is 70.2 Å². The molecule has 0 amide bonds. The Labute approximate surface area is 334 Å². The maximum Gasteiger partial charge on any atom is 0.164 e. The minimum Gasteiger partial charge on any atom is -0.456 e. The summed E-state index contributed by atoms with van der Waals surface area (Å²) in [6, 6.07) is 47.6. The van der Waals surface area contributed by atoms with Gasteiger partial charge in [-0.15, -0.1) is 11.3 Å². The topological polar surface area (TPSA) is 51.8 Å². The lowest BCUT2D eigenvalue weighted by molar-refractivity contribution is 0.669. The Morgan fingerprint density at radius 1 is 0.561 bits per heavy atom. The van der Waals surface area contributed by atoms with Crippen LogP contribution in [0.4, 0.5) is 0 Å². The number of thiophene rings is 1. The molecule has 0 bridgehead atoms. The average molecular weight is 752 g/mol. The number of rotatable bonds is 6. The highest BCUT2D eigenvalue weighted by Crippen LogP contribution is 2.42. The van der Waals surface area contributed by atoms with Crippen molar-refractivity contribution in [3.63, 3.8) is 0 Å². The van der Waals surface area contributed by atoms with Crippen molar-refractivity contribution in [2.45, 2.75) is 26.2 Å². The van der Waals surface area contributed by atoms with Crippen molar-refractivity contribution in [1.29, 1.82) is 0 Å². The summed E-state index contributed by atoms with van der Waals surface area (Å²) >= 11 is 1.86. The molecule has 1 unspecified atom stereocenters. The third-order valence-electron chi connectivity index (χ3n) is 11.4. The first-order valence-corrected chi connectivity index (χ1v) is 20.5. The molecule has 0 spiro atoms. The lowest BCUT2D eigenvalue weighted by Gasteiger charge is -2.16. The zero-order valence-corrected chi connectivity index (χ0v) is 32.3. The van der Waals surface area contributed by atoms with E-state index in [1.807, 2.05) is 29.5 Å². The summed E-state index contributed by atoms with van der Waals surface area (Å²) in [5, 5.41) is 4.87. The molecule has 0 N–H and O–H groups in total. The Hall–Kier alpha value is -6.69. The summed E-state index contributed by atoms with van der Waals surface area (Å²) in [5.41, 5.74) is 12.1. The smallest absolute Gasteiger partial charge is 0.164 e. The first-order valence-electron chi connectivity index (χ1n) is 19.7. The van der Waals surface area contributed by atoms with Gasteiger partial charge in [0.1, 0.15) is 11.2 Å². The summed E-state index contributed by atoms with van der Waals surface area (Å²) in [6.45, 7) is 2.23. The van der Waals surface area contributed by atoms with Crippen LogP contribution in [-0.4, -0.2) is 15.0 Å². The van der Waals surface area contributed by atoms with E-state index in [-0.39, 0.29) is 0 Å². The molecule has 5 heteroatoms. The van der Waals surface area contributed by atoms with E-state index in [1.165, 1.54) is 53.6 Å². The van der Waals surface area contributed by atoms with E-state index in [1.54, 1.807) is 0 Å². The standard InChI is InChI=1S/C52H37N3OS/c1-32-18-20-35(21-19-32)51-53-50(34-12-6-3-7-13-34)54-52(55-51)40-15-8-14-39(28-40)41-16-9-17-46-49(41)44-29-36(24-27-45(44)56-46)38-23-26-43-42-25-22-37(33-10-4-2-5-11-33)30-47(42)57-48(43)31-38/h2-7,9-13,15-18,20-32H,8,14,19H2,1H3. The Balaban J connectivity index is 0.982. The van der Waals surface area contributed by atoms with Crippen LogP contribution >= 0.6 is 11.3 Å². The molecule has 1 atom stereocenters. The second-order valence-electron chi connectivity index (χ2n) is 15.2. The quantitative estimate of drug-likeness (QED) is 0.170. The molecule has 3 aromatic heterocycles. The maximum atomic E-state index is 6.51. The van der Waals surface area contributed by atoms with Crippen molar-refractivity contribution in [2.24, 2.45) is 5.92 Å². The zero-order chi connectivity index (χ0) is 37.9. The largest absolute Gasteiger partial charge is 0.456 e. The van der Waals surface area contributed by atoms with E-state index in [0.717, 1.165) is 57.9 Å². The highest BCUT2D eigenvalue weighted by atomic mass is 32.1. The molecule has 9 aromatic rings. The zero-order valence-electron chi connectivity index (χ0n) is 31.4. The van der Waals surface area contributed by atoms with E-state index in [0.29, 0.717) is 23.4 Å². The van der Waals surface area contributed by atoms with E-state index in [4.69, 9.17) is 19.4 Å². The van der Waals surface area contributed by atoms with Gasteiger partial charge in [-0.3, -0.25) is 0 Å². The molecule has 0 aliphatic heterocycles. The SMILES string of the molecule is CC1C=CC(c2nc(C3=CCCC(c4cccc5oc6ccc(-c7ccc8c(c7)sc7cc(-c9ccccc9)ccc78)cc6c45)=C3)nc(-c3ccccc3)n2)=CC1. The summed E-state index contributed by atoms with van der Waals surface area (Å²) in [7, 11) is 0. The molecule has 11 rings (SSSR count). The highest BCUT2D eigenvalue weighted by Gasteiger charge is 2.20.